The van der Waals surface area contributed by atoms with Crippen molar-refractivity contribution >= 4 is 29.0 Å². The fraction of sp³-hybridized carbons (Fsp3) is 0.188. The van der Waals surface area contributed by atoms with Crippen molar-refractivity contribution in [1.82, 2.24) is 0 Å². The van der Waals surface area contributed by atoms with Gasteiger partial charge in [-0.2, -0.15) is 0 Å². The molecule has 0 fully saturated rings. The molecule has 0 saturated heterocycles. The van der Waals surface area contributed by atoms with Crippen LogP contribution in [0.15, 0.2) is 42.5 Å². The molecule has 0 saturated carbocycles. The number of ketones is 1. The van der Waals surface area contributed by atoms with Crippen LogP contribution in [-0.4, -0.2) is 5.78 Å². The van der Waals surface area contributed by atoms with Crippen LogP contribution in [0.1, 0.15) is 27.9 Å². The highest BCUT2D eigenvalue weighted by Gasteiger charge is 2.10. The molecule has 1 nitrogen and oxygen atoms in total. The van der Waals surface area contributed by atoms with Crippen molar-refractivity contribution in [2.24, 2.45) is 0 Å². The molecule has 0 aliphatic rings. The van der Waals surface area contributed by atoms with E-state index in [1.54, 1.807) is 18.2 Å². The van der Waals surface area contributed by atoms with Crippen LogP contribution in [0.4, 0.5) is 0 Å². The van der Waals surface area contributed by atoms with E-state index in [0.717, 1.165) is 12.0 Å². The molecule has 19 heavy (non-hydrogen) atoms. The normalized spacial score (nSPS) is 10.5. The van der Waals surface area contributed by atoms with Crippen molar-refractivity contribution in [3.63, 3.8) is 0 Å². The summed E-state index contributed by atoms with van der Waals surface area (Å²) in [6.07, 6.45) is 1.17. The zero-order chi connectivity index (χ0) is 13.8. The first-order valence-electron chi connectivity index (χ1n) is 6.10. The lowest BCUT2D eigenvalue weighted by molar-refractivity contribution is 0.0983. The van der Waals surface area contributed by atoms with E-state index >= 15 is 0 Å². The average Bonchev–Trinajstić information content (AvgIpc) is 2.37. The maximum Gasteiger partial charge on any atom is 0.164 e. The van der Waals surface area contributed by atoms with Crippen molar-refractivity contribution in [3.8, 4) is 0 Å². The van der Waals surface area contributed by atoms with Gasteiger partial charge in [0.1, 0.15) is 0 Å². The number of hydrogen-bond acceptors (Lipinski definition) is 1. The zero-order valence-corrected chi connectivity index (χ0v) is 12.1. The van der Waals surface area contributed by atoms with Crippen LogP contribution in [0.5, 0.6) is 0 Å². The minimum atomic E-state index is 0.0437. The van der Waals surface area contributed by atoms with Crippen molar-refractivity contribution in [2.75, 3.05) is 0 Å². The lowest BCUT2D eigenvalue weighted by atomic mass is 10.0. The Kier molecular flexibility index (Phi) is 4.62. The van der Waals surface area contributed by atoms with Gasteiger partial charge in [-0.15, -0.1) is 0 Å². The standard InChI is InChI=1S/C16H14Cl2O/c1-11-2-4-12(5-3-11)6-9-16(19)14-8-7-13(17)10-15(14)18/h2-5,7-8,10H,6,9H2,1H3. The van der Waals surface area contributed by atoms with Crippen molar-refractivity contribution < 1.29 is 4.79 Å². The third-order valence-corrected chi connectivity index (χ3v) is 3.54. The Morgan fingerprint density at radius 1 is 1.05 bits per heavy atom. The topological polar surface area (TPSA) is 17.1 Å². The van der Waals surface area contributed by atoms with Crippen molar-refractivity contribution in [3.05, 3.63) is 69.2 Å². The van der Waals surface area contributed by atoms with Crippen LogP contribution in [-0.2, 0) is 6.42 Å². The lowest BCUT2D eigenvalue weighted by Gasteiger charge is -2.05. The number of carbonyl (C=O) groups excluding carboxylic acids is 1. The number of halogens is 2. The molecule has 2 aromatic rings. The molecule has 0 aliphatic heterocycles. The van der Waals surface area contributed by atoms with Gasteiger partial charge in [-0.05, 0) is 37.1 Å². The Morgan fingerprint density at radius 3 is 2.37 bits per heavy atom. The Labute approximate surface area is 123 Å². The molecule has 0 unspecified atom stereocenters. The SMILES string of the molecule is Cc1ccc(CCC(=O)c2ccc(Cl)cc2Cl)cc1. The molecule has 0 heterocycles. The first-order chi connectivity index (χ1) is 9.06. The first-order valence-corrected chi connectivity index (χ1v) is 6.85. The second kappa shape index (κ2) is 6.23. The molecule has 0 spiro atoms. The Bertz CT molecular complexity index is 588. The van der Waals surface area contributed by atoms with Crippen LogP contribution in [0.25, 0.3) is 0 Å². The van der Waals surface area contributed by atoms with E-state index in [1.807, 2.05) is 19.1 Å². The highest BCUT2D eigenvalue weighted by Crippen LogP contribution is 2.22. The summed E-state index contributed by atoms with van der Waals surface area (Å²) in [6, 6.07) is 13.2. The van der Waals surface area contributed by atoms with Gasteiger partial charge in [-0.3, -0.25) is 4.79 Å². The fourth-order valence-corrected chi connectivity index (χ4v) is 2.38. The predicted octanol–water partition coefficient (Wildman–Crippen LogP) is 5.12. The van der Waals surface area contributed by atoms with Gasteiger partial charge in [-0.1, -0.05) is 53.0 Å². The number of hydrogen-bond donors (Lipinski definition) is 0. The van der Waals surface area contributed by atoms with Gasteiger partial charge in [0.2, 0.25) is 0 Å². The smallest absolute Gasteiger partial charge is 0.164 e. The summed E-state index contributed by atoms with van der Waals surface area (Å²) in [5.41, 5.74) is 2.91. The summed E-state index contributed by atoms with van der Waals surface area (Å²) in [7, 11) is 0. The lowest BCUT2D eigenvalue weighted by Crippen LogP contribution is -2.02. The van der Waals surface area contributed by atoms with Crippen LogP contribution in [0, 0.1) is 6.92 Å². The molecular formula is C16H14Cl2O. The van der Waals surface area contributed by atoms with Gasteiger partial charge in [0, 0.05) is 17.0 Å². The maximum absolute atomic E-state index is 12.1. The van der Waals surface area contributed by atoms with Gasteiger partial charge >= 0.3 is 0 Å². The molecule has 3 heteroatoms. The monoisotopic (exact) mass is 292 g/mol. The second-order valence-corrected chi connectivity index (χ2v) is 5.38. The van der Waals surface area contributed by atoms with Gasteiger partial charge in [-0.25, -0.2) is 0 Å². The largest absolute Gasteiger partial charge is 0.294 e. The van der Waals surface area contributed by atoms with Gasteiger partial charge in [0.05, 0.1) is 5.02 Å². The summed E-state index contributed by atoms with van der Waals surface area (Å²) < 4.78 is 0. The second-order valence-electron chi connectivity index (χ2n) is 4.53. The third-order valence-electron chi connectivity index (χ3n) is 2.99. The maximum atomic E-state index is 12.1. The van der Waals surface area contributed by atoms with Crippen LogP contribution < -0.4 is 0 Å². The van der Waals surface area contributed by atoms with Crippen LogP contribution >= 0.6 is 23.2 Å². The Morgan fingerprint density at radius 2 is 1.74 bits per heavy atom. The third kappa shape index (κ3) is 3.82. The molecule has 0 aliphatic carbocycles. The van der Waals surface area contributed by atoms with Crippen molar-refractivity contribution in [2.45, 2.75) is 19.8 Å². The van der Waals surface area contributed by atoms with Crippen LogP contribution in [0.3, 0.4) is 0 Å². The molecule has 0 bridgehead atoms. The number of aryl methyl sites for hydroxylation is 2. The number of benzene rings is 2. The molecule has 2 rings (SSSR count). The molecule has 2 aromatic carbocycles. The molecule has 0 aromatic heterocycles. The molecule has 0 atom stereocenters. The van der Waals surface area contributed by atoms with E-state index in [4.69, 9.17) is 23.2 Å². The molecule has 0 amide bonds. The molecule has 0 N–H and O–H groups in total. The summed E-state index contributed by atoms with van der Waals surface area (Å²) in [4.78, 5) is 12.1. The van der Waals surface area contributed by atoms with E-state index < -0.39 is 0 Å². The summed E-state index contributed by atoms with van der Waals surface area (Å²) in [5.74, 6) is 0.0437. The van der Waals surface area contributed by atoms with E-state index in [9.17, 15) is 4.79 Å². The van der Waals surface area contributed by atoms with Gasteiger partial charge in [0.15, 0.2) is 5.78 Å². The number of carbonyl (C=O) groups is 1. The van der Waals surface area contributed by atoms with Crippen LogP contribution in [0.2, 0.25) is 10.0 Å². The minimum Gasteiger partial charge on any atom is -0.294 e. The Balaban J connectivity index is 2.03. The van der Waals surface area contributed by atoms with E-state index in [1.165, 1.54) is 5.56 Å². The molecule has 0 radical (unpaired) electrons. The number of rotatable bonds is 4. The number of Topliss-reactive ketones (excluding diaryl/α,β-unsaturated/α-hetero) is 1. The Hall–Kier alpha value is -1.31. The zero-order valence-electron chi connectivity index (χ0n) is 10.6. The van der Waals surface area contributed by atoms with Gasteiger partial charge in [0.25, 0.3) is 0 Å². The quantitative estimate of drug-likeness (QED) is 0.715. The summed E-state index contributed by atoms with van der Waals surface area (Å²) in [6.45, 7) is 2.04. The van der Waals surface area contributed by atoms with Gasteiger partial charge < -0.3 is 0 Å². The molecular weight excluding hydrogens is 279 g/mol. The van der Waals surface area contributed by atoms with E-state index in [-0.39, 0.29) is 5.78 Å². The highest BCUT2D eigenvalue weighted by molar-refractivity contribution is 6.36. The fourth-order valence-electron chi connectivity index (χ4n) is 1.86. The first kappa shape index (κ1) is 14.1. The predicted molar refractivity (Wildman–Crippen MR) is 80.3 cm³/mol. The minimum absolute atomic E-state index is 0.0437. The van der Waals surface area contributed by atoms with Crippen molar-refractivity contribution in [1.29, 1.82) is 0 Å². The summed E-state index contributed by atoms with van der Waals surface area (Å²) in [5, 5.41) is 0.960. The summed E-state index contributed by atoms with van der Waals surface area (Å²) >= 11 is 11.8. The van der Waals surface area contributed by atoms with E-state index in [2.05, 4.69) is 12.1 Å². The molecule has 98 valence electrons. The average molecular weight is 293 g/mol. The van der Waals surface area contributed by atoms with E-state index in [0.29, 0.717) is 22.0 Å². The highest BCUT2D eigenvalue weighted by atomic mass is 35.5.